The lowest BCUT2D eigenvalue weighted by Gasteiger charge is -2.16. The van der Waals surface area contributed by atoms with Gasteiger partial charge in [-0.05, 0) is 55.0 Å². The summed E-state index contributed by atoms with van der Waals surface area (Å²) in [4.78, 5) is 15.0. The van der Waals surface area contributed by atoms with Crippen LogP contribution in [0.1, 0.15) is 50.3 Å². The molecule has 2 heterocycles. The van der Waals surface area contributed by atoms with E-state index in [1.807, 2.05) is 42.5 Å². The van der Waals surface area contributed by atoms with Gasteiger partial charge in [-0.1, -0.05) is 30.3 Å². The molecule has 3 nitrogen and oxygen atoms in total. The van der Waals surface area contributed by atoms with Gasteiger partial charge in [0, 0.05) is 4.88 Å². The van der Waals surface area contributed by atoms with Crippen molar-refractivity contribution in [3.8, 4) is 0 Å². The van der Waals surface area contributed by atoms with Crippen molar-refractivity contribution in [2.24, 2.45) is 0 Å². The molecule has 122 valence electrons. The zero-order valence-corrected chi connectivity index (χ0v) is 14.1. The third-order valence-electron chi connectivity index (χ3n) is 4.46. The van der Waals surface area contributed by atoms with Crippen LogP contribution in [0.2, 0.25) is 0 Å². The average Bonchev–Trinajstić information content (AvgIpc) is 3.29. The lowest BCUT2D eigenvalue weighted by molar-refractivity contribution is 0.0943. The molecule has 1 aliphatic rings. The van der Waals surface area contributed by atoms with Gasteiger partial charge in [0.1, 0.15) is 11.8 Å². The molecule has 24 heavy (non-hydrogen) atoms. The average molecular weight is 337 g/mol. The Balaban J connectivity index is 1.60. The fourth-order valence-electron chi connectivity index (χ4n) is 3.22. The first-order chi connectivity index (χ1) is 11.8. The van der Waals surface area contributed by atoms with Crippen LogP contribution < -0.4 is 5.32 Å². The molecule has 2 aromatic heterocycles. The highest BCUT2D eigenvalue weighted by atomic mass is 32.1. The summed E-state index contributed by atoms with van der Waals surface area (Å²) in [5.74, 6) is 0.718. The van der Waals surface area contributed by atoms with Crippen molar-refractivity contribution in [2.75, 3.05) is 0 Å². The number of benzene rings is 1. The Bertz CT molecular complexity index is 797. The molecular formula is C20H19NO2S. The number of amides is 1. The highest BCUT2D eigenvalue weighted by Crippen LogP contribution is 2.30. The second-order valence-corrected chi connectivity index (χ2v) is 7.24. The minimum Gasteiger partial charge on any atom is -0.467 e. The van der Waals surface area contributed by atoms with E-state index in [0.717, 1.165) is 29.0 Å². The highest BCUT2D eigenvalue weighted by molar-refractivity contribution is 7.14. The number of aryl methyl sites for hydroxylation is 2. The number of fused-ring (bicyclic) bond motifs is 1. The van der Waals surface area contributed by atoms with Crippen molar-refractivity contribution in [1.29, 1.82) is 0 Å². The number of hydrogen-bond acceptors (Lipinski definition) is 3. The molecule has 0 saturated carbocycles. The van der Waals surface area contributed by atoms with Gasteiger partial charge in [0.15, 0.2) is 0 Å². The van der Waals surface area contributed by atoms with E-state index in [-0.39, 0.29) is 11.9 Å². The molecule has 4 rings (SSSR count). The molecule has 0 spiro atoms. The predicted molar refractivity (Wildman–Crippen MR) is 95.4 cm³/mol. The minimum atomic E-state index is -0.271. The quantitative estimate of drug-likeness (QED) is 0.747. The van der Waals surface area contributed by atoms with Crippen molar-refractivity contribution >= 4 is 17.2 Å². The van der Waals surface area contributed by atoms with Crippen LogP contribution in [0.5, 0.6) is 0 Å². The number of furan rings is 1. The van der Waals surface area contributed by atoms with E-state index in [4.69, 9.17) is 4.42 Å². The van der Waals surface area contributed by atoms with Crippen LogP contribution in [-0.4, -0.2) is 5.91 Å². The Morgan fingerprint density at radius 2 is 1.92 bits per heavy atom. The fourth-order valence-corrected chi connectivity index (χ4v) is 4.38. The highest BCUT2D eigenvalue weighted by Gasteiger charge is 2.22. The first kappa shape index (κ1) is 15.2. The van der Waals surface area contributed by atoms with Crippen LogP contribution in [0.4, 0.5) is 0 Å². The van der Waals surface area contributed by atoms with Gasteiger partial charge < -0.3 is 9.73 Å². The summed E-state index contributed by atoms with van der Waals surface area (Å²) in [5, 5.41) is 3.14. The van der Waals surface area contributed by atoms with Gasteiger partial charge >= 0.3 is 0 Å². The van der Waals surface area contributed by atoms with Crippen LogP contribution in [0.3, 0.4) is 0 Å². The molecular weight excluding hydrogens is 318 g/mol. The number of carbonyl (C=O) groups is 1. The summed E-state index contributed by atoms with van der Waals surface area (Å²) in [5.41, 5.74) is 2.37. The van der Waals surface area contributed by atoms with Gasteiger partial charge in [0.25, 0.3) is 5.91 Å². The van der Waals surface area contributed by atoms with Crippen molar-refractivity contribution in [3.63, 3.8) is 0 Å². The normalized spacial score (nSPS) is 14.8. The van der Waals surface area contributed by atoms with Crippen LogP contribution in [0.25, 0.3) is 0 Å². The summed E-state index contributed by atoms with van der Waals surface area (Å²) in [6, 6.07) is 15.5. The Hall–Kier alpha value is -2.33. The smallest absolute Gasteiger partial charge is 0.262 e. The SMILES string of the molecule is O=C(N[C@@H](c1ccccc1)c1ccco1)c1cc2c(s1)CCCC2. The second kappa shape index (κ2) is 6.65. The van der Waals surface area contributed by atoms with Gasteiger partial charge in [0.2, 0.25) is 0 Å². The Morgan fingerprint density at radius 3 is 2.67 bits per heavy atom. The van der Waals surface area contributed by atoms with E-state index in [9.17, 15) is 4.79 Å². The van der Waals surface area contributed by atoms with Crippen molar-refractivity contribution in [1.82, 2.24) is 5.32 Å². The summed E-state index contributed by atoms with van der Waals surface area (Å²) in [6.45, 7) is 0. The summed E-state index contributed by atoms with van der Waals surface area (Å²) in [6.07, 6.45) is 6.30. The molecule has 4 heteroatoms. The zero-order chi connectivity index (χ0) is 16.4. The Kier molecular flexibility index (Phi) is 4.22. The maximum atomic E-state index is 12.8. The molecule has 1 aliphatic carbocycles. The van der Waals surface area contributed by atoms with Crippen LogP contribution in [0, 0.1) is 0 Å². The minimum absolute atomic E-state index is 0.0281. The maximum Gasteiger partial charge on any atom is 0.262 e. The molecule has 0 radical (unpaired) electrons. The van der Waals surface area contributed by atoms with Crippen molar-refractivity contribution in [3.05, 3.63) is 81.4 Å². The number of carbonyl (C=O) groups excluding carboxylic acids is 1. The van der Waals surface area contributed by atoms with E-state index in [0.29, 0.717) is 0 Å². The largest absolute Gasteiger partial charge is 0.467 e. The molecule has 0 bridgehead atoms. The summed E-state index contributed by atoms with van der Waals surface area (Å²) >= 11 is 1.64. The van der Waals surface area contributed by atoms with Gasteiger partial charge in [-0.2, -0.15) is 0 Å². The number of nitrogens with one attached hydrogen (secondary N) is 1. The standard InChI is InChI=1S/C20H19NO2S/c22-20(18-13-15-9-4-5-11-17(15)24-18)21-19(16-10-6-12-23-16)14-7-2-1-3-8-14/h1-3,6-8,10,12-13,19H,4-5,9,11H2,(H,21,22)/t19-/m0/s1. The topological polar surface area (TPSA) is 42.2 Å². The first-order valence-corrected chi connectivity index (χ1v) is 9.14. The van der Waals surface area contributed by atoms with Gasteiger partial charge in [-0.3, -0.25) is 4.79 Å². The Labute approximate surface area is 145 Å². The third-order valence-corrected chi connectivity index (χ3v) is 5.69. The van der Waals surface area contributed by atoms with Gasteiger partial charge in [0.05, 0.1) is 11.1 Å². The summed E-state index contributed by atoms with van der Waals surface area (Å²) in [7, 11) is 0. The molecule has 1 N–H and O–H groups in total. The van der Waals surface area contributed by atoms with Gasteiger partial charge in [-0.15, -0.1) is 11.3 Å². The van der Waals surface area contributed by atoms with E-state index >= 15 is 0 Å². The summed E-state index contributed by atoms with van der Waals surface area (Å²) < 4.78 is 5.56. The third kappa shape index (κ3) is 3.02. The molecule has 1 amide bonds. The molecule has 1 aromatic carbocycles. The number of rotatable bonds is 4. The van der Waals surface area contributed by atoms with Crippen molar-refractivity contribution < 1.29 is 9.21 Å². The molecule has 0 fully saturated rings. The van der Waals surface area contributed by atoms with E-state index < -0.39 is 0 Å². The second-order valence-electron chi connectivity index (χ2n) is 6.10. The van der Waals surface area contributed by atoms with E-state index in [1.54, 1.807) is 17.6 Å². The monoisotopic (exact) mass is 337 g/mol. The van der Waals surface area contributed by atoms with Crippen LogP contribution in [0.15, 0.2) is 59.2 Å². The lowest BCUT2D eigenvalue weighted by Crippen LogP contribution is -2.28. The lowest BCUT2D eigenvalue weighted by atomic mass is 9.99. The first-order valence-electron chi connectivity index (χ1n) is 8.32. The van der Waals surface area contributed by atoms with Gasteiger partial charge in [-0.25, -0.2) is 0 Å². The molecule has 1 atom stereocenters. The molecule has 0 saturated heterocycles. The zero-order valence-electron chi connectivity index (χ0n) is 13.3. The fraction of sp³-hybridized carbons (Fsp3) is 0.250. The van der Waals surface area contributed by atoms with E-state index in [2.05, 4.69) is 11.4 Å². The number of thiophene rings is 1. The maximum absolute atomic E-state index is 12.8. The van der Waals surface area contributed by atoms with Crippen molar-refractivity contribution in [2.45, 2.75) is 31.7 Å². The van der Waals surface area contributed by atoms with Crippen LogP contribution >= 0.6 is 11.3 Å². The molecule has 0 unspecified atom stereocenters. The number of hydrogen-bond donors (Lipinski definition) is 1. The van der Waals surface area contributed by atoms with Crippen LogP contribution in [-0.2, 0) is 12.8 Å². The Morgan fingerprint density at radius 1 is 1.08 bits per heavy atom. The molecule has 0 aliphatic heterocycles. The predicted octanol–water partition coefficient (Wildman–Crippen LogP) is 4.74. The molecule has 3 aromatic rings. The van der Waals surface area contributed by atoms with E-state index in [1.165, 1.54) is 23.3 Å².